The normalized spacial score (nSPS) is 16.8. The second-order valence-electron chi connectivity index (χ2n) is 6.41. The van der Waals surface area contributed by atoms with Crippen LogP contribution in [0.15, 0.2) is 41.3 Å². The number of ether oxygens (including phenoxy) is 2. The van der Waals surface area contributed by atoms with Crippen molar-refractivity contribution >= 4 is 21.4 Å². The highest BCUT2D eigenvalue weighted by Gasteiger charge is 2.33. The van der Waals surface area contributed by atoms with Gasteiger partial charge in [0.05, 0.1) is 30.1 Å². The van der Waals surface area contributed by atoms with Crippen molar-refractivity contribution in [2.75, 3.05) is 25.7 Å². The van der Waals surface area contributed by atoms with Gasteiger partial charge in [0, 0.05) is 18.2 Å². The molecule has 10 heteroatoms. The first-order valence-corrected chi connectivity index (χ1v) is 10.1. The zero-order valence-electron chi connectivity index (χ0n) is 15.5. The minimum Gasteiger partial charge on any atom is -0.497 e. The zero-order valence-corrected chi connectivity index (χ0v) is 16.3. The van der Waals surface area contributed by atoms with Gasteiger partial charge in [0.1, 0.15) is 17.2 Å². The van der Waals surface area contributed by atoms with E-state index in [2.05, 4.69) is 0 Å². The summed E-state index contributed by atoms with van der Waals surface area (Å²) in [5, 5.41) is 16.7. The molecule has 0 spiro atoms. The molecule has 1 aliphatic heterocycles. The van der Waals surface area contributed by atoms with Crippen LogP contribution < -0.4 is 19.5 Å². The number of hydrogen-bond donors (Lipinski definition) is 1. The molecule has 1 saturated heterocycles. The molecule has 2 aromatic carbocycles. The molecule has 150 valence electrons. The number of nitrogens with two attached hydrogens (primary N) is 1. The minimum atomic E-state index is -4.04. The van der Waals surface area contributed by atoms with E-state index in [0.29, 0.717) is 23.7 Å². The van der Waals surface area contributed by atoms with Gasteiger partial charge in [-0.1, -0.05) is 0 Å². The lowest BCUT2D eigenvalue weighted by Gasteiger charge is -2.28. The third kappa shape index (κ3) is 3.73. The van der Waals surface area contributed by atoms with Crippen molar-refractivity contribution in [3.8, 4) is 11.5 Å². The molecule has 1 heterocycles. The topological polar surface area (TPSA) is 125 Å². The average Bonchev–Trinajstić information content (AvgIpc) is 3.15. The number of sulfonamides is 1. The maximum atomic E-state index is 11.6. The molecule has 0 aliphatic carbocycles. The Morgan fingerprint density at radius 1 is 1.18 bits per heavy atom. The molecule has 3 rings (SSSR count). The van der Waals surface area contributed by atoms with Crippen LogP contribution in [0.5, 0.6) is 11.5 Å². The Morgan fingerprint density at radius 2 is 1.93 bits per heavy atom. The lowest BCUT2D eigenvalue weighted by Crippen LogP contribution is -2.24. The molecular weight excluding hydrogens is 386 g/mol. The van der Waals surface area contributed by atoms with E-state index in [1.807, 2.05) is 11.0 Å². The van der Waals surface area contributed by atoms with Crippen molar-refractivity contribution in [1.82, 2.24) is 0 Å². The summed E-state index contributed by atoms with van der Waals surface area (Å²) in [5.74, 6) is 1.31. The molecule has 2 N–H and O–H groups in total. The molecule has 1 unspecified atom stereocenters. The molecule has 0 saturated carbocycles. The summed E-state index contributed by atoms with van der Waals surface area (Å²) in [7, 11) is -0.916. The Bertz CT molecular complexity index is 1010. The third-order valence-corrected chi connectivity index (χ3v) is 5.74. The number of nitrogens with zero attached hydrogens (tertiary/aromatic N) is 2. The predicted molar refractivity (Wildman–Crippen MR) is 103 cm³/mol. The van der Waals surface area contributed by atoms with Crippen LogP contribution in [0.4, 0.5) is 11.4 Å². The summed E-state index contributed by atoms with van der Waals surface area (Å²) < 4.78 is 34.0. The van der Waals surface area contributed by atoms with Crippen molar-refractivity contribution in [1.29, 1.82) is 0 Å². The van der Waals surface area contributed by atoms with Gasteiger partial charge in [-0.25, -0.2) is 13.6 Å². The van der Waals surface area contributed by atoms with E-state index in [0.717, 1.165) is 24.5 Å². The Morgan fingerprint density at radius 3 is 2.54 bits per heavy atom. The smallest absolute Gasteiger partial charge is 0.293 e. The average molecular weight is 407 g/mol. The summed E-state index contributed by atoms with van der Waals surface area (Å²) in [5.41, 5.74) is 0.884. The van der Waals surface area contributed by atoms with Crippen LogP contribution in [-0.2, 0) is 10.0 Å². The molecular formula is C18H21N3O6S. The minimum absolute atomic E-state index is 0.177. The fourth-order valence-electron chi connectivity index (χ4n) is 3.55. The van der Waals surface area contributed by atoms with Gasteiger partial charge in [0.15, 0.2) is 0 Å². The van der Waals surface area contributed by atoms with E-state index < -0.39 is 14.9 Å². The summed E-state index contributed by atoms with van der Waals surface area (Å²) in [6.07, 6.45) is 1.58. The van der Waals surface area contributed by atoms with Gasteiger partial charge in [-0.05, 0) is 43.2 Å². The first-order chi connectivity index (χ1) is 13.3. The predicted octanol–water partition coefficient (Wildman–Crippen LogP) is 2.60. The van der Waals surface area contributed by atoms with Gasteiger partial charge >= 0.3 is 0 Å². The summed E-state index contributed by atoms with van der Waals surface area (Å²) in [6.45, 7) is 0.584. The van der Waals surface area contributed by atoms with E-state index in [1.165, 1.54) is 12.1 Å². The van der Waals surface area contributed by atoms with Crippen LogP contribution in [-0.4, -0.2) is 34.1 Å². The number of nitro groups is 1. The quantitative estimate of drug-likeness (QED) is 0.576. The van der Waals surface area contributed by atoms with Gasteiger partial charge in [-0.15, -0.1) is 0 Å². The number of anilines is 1. The van der Waals surface area contributed by atoms with Crippen LogP contribution in [0.3, 0.4) is 0 Å². The highest BCUT2D eigenvalue weighted by atomic mass is 32.2. The van der Waals surface area contributed by atoms with Crippen molar-refractivity contribution in [3.63, 3.8) is 0 Å². The molecule has 9 nitrogen and oxygen atoms in total. The summed E-state index contributed by atoms with van der Waals surface area (Å²) >= 11 is 0. The lowest BCUT2D eigenvalue weighted by atomic mass is 10.0. The Labute approximate surface area is 162 Å². The summed E-state index contributed by atoms with van der Waals surface area (Å²) in [4.78, 5) is 12.6. The van der Waals surface area contributed by atoms with Gasteiger partial charge in [0.2, 0.25) is 10.0 Å². The molecule has 0 bridgehead atoms. The van der Waals surface area contributed by atoms with Crippen LogP contribution >= 0.6 is 0 Å². The molecule has 0 amide bonds. The van der Waals surface area contributed by atoms with Gasteiger partial charge in [-0.3, -0.25) is 10.1 Å². The van der Waals surface area contributed by atoms with E-state index in [1.54, 1.807) is 26.4 Å². The molecule has 1 aliphatic rings. The maximum Gasteiger partial charge on any atom is 0.293 e. The monoisotopic (exact) mass is 407 g/mol. The van der Waals surface area contributed by atoms with Gasteiger partial charge in [-0.2, -0.15) is 0 Å². The molecule has 0 radical (unpaired) electrons. The second kappa shape index (κ2) is 7.64. The first-order valence-electron chi connectivity index (χ1n) is 8.56. The maximum absolute atomic E-state index is 11.6. The molecule has 2 aromatic rings. The van der Waals surface area contributed by atoms with Crippen molar-refractivity contribution in [2.24, 2.45) is 5.14 Å². The molecule has 1 fully saturated rings. The van der Waals surface area contributed by atoms with Crippen LogP contribution in [0, 0.1) is 10.1 Å². The van der Waals surface area contributed by atoms with Crippen LogP contribution in [0.25, 0.3) is 0 Å². The number of primary sulfonamides is 1. The van der Waals surface area contributed by atoms with Crippen molar-refractivity contribution < 1.29 is 22.8 Å². The fourth-order valence-corrected chi connectivity index (χ4v) is 4.08. The standard InChI is InChI=1S/C18H21N3O6S/c1-26-12-5-8-18(27-2)14(10-12)15-4-3-9-20(15)16-7-6-13(28(19,24)25)11-17(16)21(22)23/h5-8,10-11,15H,3-4,9H2,1-2H3,(H2,19,24,25). The number of hydrogen-bond acceptors (Lipinski definition) is 7. The first kappa shape index (κ1) is 19.9. The van der Waals surface area contributed by atoms with E-state index in [-0.39, 0.29) is 16.6 Å². The third-order valence-electron chi connectivity index (χ3n) is 4.83. The van der Waals surface area contributed by atoms with Crippen molar-refractivity contribution in [3.05, 3.63) is 52.1 Å². The highest BCUT2D eigenvalue weighted by molar-refractivity contribution is 7.89. The molecule has 0 aromatic heterocycles. The van der Waals surface area contributed by atoms with E-state index in [9.17, 15) is 18.5 Å². The SMILES string of the molecule is COc1ccc(OC)c(C2CCCN2c2ccc(S(N)(=O)=O)cc2[N+](=O)[O-])c1. The van der Waals surface area contributed by atoms with E-state index >= 15 is 0 Å². The molecule has 1 atom stereocenters. The molecule has 28 heavy (non-hydrogen) atoms. The number of nitro benzene ring substituents is 1. The zero-order chi connectivity index (χ0) is 20.5. The Hall–Kier alpha value is -2.85. The van der Waals surface area contributed by atoms with Gasteiger partial charge < -0.3 is 14.4 Å². The largest absolute Gasteiger partial charge is 0.497 e. The fraction of sp³-hybridized carbons (Fsp3) is 0.333. The Kier molecular flexibility index (Phi) is 5.43. The number of benzene rings is 2. The van der Waals surface area contributed by atoms with Crippen LogP contribution in [0.2, 0.25) is 0 Å². The van der Waals surface area contributed by atoms with Gasteiger partial charge in [0.25, 0.3) is 5.69 Å². The van der Waals surface area contributed by atoms with Crippen molar-refractivity contribution in [2.45, 2.75) is 23.8 Å². The number of methoxy groups -OCH3 is 2. The number of rotatable bonds is 6. The summed E-state index contributed by atoms with van der Waals surface area (Å²) in [6, 6.07) is 8.98. The highest BCUT2D eigenvalue weighted by Crippen LogP contribution is 2.44. The van der Waals surface area contributed by atoms with E-state index in [4.69, 9.17) is 14.6 Å². The second-order valence-corrected chi connectivity index (χ2v) is 7.97. The lowest BCUT2D eigenvalue weighted by molar-refractivity contribution is -0.384. The Balaban J connectivity index is 2.10. The van der Waals surface area contributed by atoms with Crippen LogP contribution in [0.1, 0.15) is 24.4 Å².